The lowest BCUT2D eigenvalue weighted by molar-refractivity contribution is 0.653. The van der Waals surface area contributed by atoms with Gasteiger partial charge in [0.15, 0.2) is 0 Å². The quantitative estimate of drug-likeness (QED) is 0.145. The molecular formula is C65H49N. The molecular weight excluding hydrogens is 795 g/mol. The molecule has 0 fully saturated rings. The average Bonchev–Trinajstić information content (AvgIpc) is 3.74. The van der Waals surface area contributed by atoms with Crippen LogP contribution in [-0.2, 0) is 10.8 Å². The van der Waals surface area contributed by atoms with Crippen molar-refractivity contribution in [2.45, 2.75) is 31.6 Å². The van der Waals surface area contributed by atoms with Gasteiger partial charge in [0, 0.05) is 22.5 Å². The van der Waals surface area contributed by atoms with Crippen LogP contribution in [0.1, 0.15) is 54.2 Å². The third kappa shape index (κ3) is 5.79. The number of benzene rings is 9. The zero-order valence-corrected chi connectivity index (χ0v) is 37.6. The van der Waals surface area contributed by atoms with Crippen molar-refractivity contribution < 1.29 is 0 Å². The van der Waals surface area contributed by atoms with Crippen molar-refractivity contribution in [3.8, 4) is 55.6 Å². The number of nitrogens with zero attached hydrogens (tertiary/aromatic N) is 1. The number of allylic oxidation sites excluding steroid dienone is 4. The van der Waals surface area contributed by atoms with Crippen LogP contribution in [0.25, 0.3) is 61.2 Å². The van der Waals surface area contributed by atoms with E-state index in [4.69, 9.17) is 0 Å². The molecule has 3 aliphatic carbocycles. The van der Waals surface area contributed by atoms with Crippen molar-refractivity contribution in [1.29, 1.82) is 0 Å². The van der Waals surface area contributed by atoms with Gasteiger partial charge < -0.3 is 4.90 Å². The van der Waals surface area contributed by atoms with Crippen molar-refractivity contribution in [2.24, 2.45) is 0 Å². The van der Waals surface area contributed by atoms with Gasteiger partial charge in [-0.05, 0) is 144 Å². The van der Waals surface area contributed by atoms with Gasteiger partial charge in [-0.25, -0.2) is 0 Å². The summed E-state index contributed by atoms with van der Waals surface area (Å²) in [6, 6.07) is 80.9. The third-order valence-corrected chi connectivity index (χ3v) is 14.7. The second-order valence-electron chi connectivity index (χ2n) is 18.4. The summed E-state index contributed by atoms with van der Waals surface area (Å²) >= 11 is 0. The first-order valence-corrected chi connectivity index (χ1v) is 23.1. The molecule has 0 saturated heterocycles. The summed E-state index contributed by atoms with van der Waals surface area (Å²) < 4.78 is 0. The average molecular weight is 844 g/mol. The summed E-state index contributed by atoms with van der Waals surface area (Å²) in [5.74, 6) is 0. The lowest BCUT2D eigenvalue weighted by atomic mass is 9.66. The molecule has 66 heavy (non-hydrogen) atoms. The number of hydrogen-bond acceptors (Lipinski definition) is 1. The minimum absolute atomic E-state index is 0.163. The molecule has 9 aromatic rings. The summed E-state index contributed by atoms with van der Waals surface area (Å²) in [5.41, 5.74) is 25.5. The number of fused-ring (bicyclic) bond motifs is 13. The standard InChI is InChI=1S/C65H49N/c1-5-47(42-62-43(2)50-22-11-15-29-57(50)64(62,3)4)66(48-38-34-45(35-39-48)44-20-7-6-8-21-44)49-40-36-46(37-41-49)51-28-19-33-61-63(51)56-27-14-18-32-60(56)65(61)58-30-16-12-25-54(58)52-23-9-10-24-53(52)55-26-13-17-31-59(55)65/h5-42H,1H2,2-4H3/b47-42+. The van der Waals surface area contributed by atoms with Crippen LogP contribution in [0.4, 0.5) is 11.4 Å². The molecule has 3 aliphatic rings. The van der Waals surface area contributed by atoms with E-state index >= 15 is 0 Å². The van der Waals surface area contributed by atoms with E-state index in [1.54, 1.807) is 0 Å². The Hall–Kier alpha value is -8.00. The largest absolute Gasteiger partial charge is 0.311 e. The van der Waals surface area contributed by atoms with Crippen LogP contribution in [0, 0.1) is 0 Å². The topological polar surface area (TPSA) is 3.24 Å². The van der Waals surface area contributed by atoms with Crippen LogP contribution < -0.4 is 4.90 Å². The summed E-state index contributed by atoms with van der Waals surface area (Å²) in [4.78, 5) is 2.36. The highest BCUT2D eigenvalue weighted by atomic mass is 15.1. The summed E-state index contributed by atoms with van der Waals surface area (Å²) in [7, 11) is 0. The van der Waals surface area contributed by atoms with E-state index in [0.717, 1.165) is 17.1 Å². The fraction of sp³-hybridized carbons (Fsp3) is 0.0769. The molecule has 0 atom stereocenters. The molecule has 0 unspecified atom stereocenters. The van der Waals surface area contributed by atoms with Crippen molar-refractivity contribution in [3.63, 3.8) is 0 Å². The van der Waals surface area contributed by atoms with Crippen LogP contribution in [0.2, 0.25) is 0 Å². The second-order valence-corrected chi connectivity index (χ2v) is 18.4. The molecule has 0 aromatic heterocycles. The Kier molecular flexibility index (Phi) is 9.19. The highest BCUT2D eigenvalue weighted by molar-refractivity contribution is 6.01. The monoisotopic (exact) mass is 843 g/mol. The van der Waals surface area contributed by atoms with E-state index in [2.05, 4.69) is 257 Å². The number of anilines is 2. The molecule has 0 aliphatic heterocycles. The fourth-order valence-electron chi connectivity index (χ4n) is 11.8. The maximum absolute atomic E-state index is 4.45. The van der Waals surface area contributed by atoms with Gasteiger partial charge in [0.2, 0.25) is 0 Å². The molecule has 1 heteroatoms. The SMILES string of the molecule is C=C/C(=C\C1=C(C)c2ccccc2C1(C)C)N(c1ccc(-c2ccccc2)cc1)c1ccc(-c2cccc3c2-c2ccccc2C32c3ccccc3-c3ccccc3-c3ccccc32)cc1. The first kappa shape index (κ1) is 39.6. The van der Waals surface area contributed by atoms with E-state index < -0.39 is 5.41 Å². The van der Waals surface area contributed by atoms with Crippen molar-refractivity contribution >= 4 is 16.9 Å². The van der Waals surface area contributed by atoms with Crippen LogP contribution in [0.3, 0.4) is 0 Å². The second kappa shape index (κ2) is 15.3. The number of rotatable bonds is 7. The van der Waals surface area contributed by atoms with Gasteiger partial charge in [-0.15, -0.1) is 0 Å². The van der Waals surface area contributed by atoms with Crippen molar-refractivity contribution in [3.05, 3.63) is 282 Å². The first-order valence-electron chi connectivity index (χ1n) is 23.1. The third-order valence-electron chi connectivity index (χ3n) is 14.7. The van der Waals surface area contributed by atoms with Gasteiger partial charge in [-0.1, -0.05) is 215 Å². The van der Waals surface area contributed by atoms with E-state index in [1.165, 1.54) is 100 Å². The lowest BCUT2D eigenvalue weighted by Crippen LogP contribution is -2.29. The molecule has 12 rings (SSSR count). The highest BCUT2D eigenvalue weighted by Crippen LogP contribution is 2.62. The van der Waals surface area contributed by atoms with Gasteiger partial charge in [0.1, 0.15) is 0 Å². The lowest BCUT2D eigenvalue weighted by Gasteiger charge is -2.35. The molecule has 0 heterocycles. The normalized spacial score (nSPS) is 14.6. The summed E-state index contributed by atoms with van der Waals surface area (Å²) in [5, 5.41) is 0. The molecule has 9 aromatic carbocycles. The Morgan fingerprint density at radius 2 is 0.818 bits per heavy atom. The molecule has 0 radical (unpaired) electrons. The first-order chi connectivity index (χ1) is 32.4. The van der Waals surface area contributed by atoms with Gasteiger partial charge >= 0.3 is 0 Å². The van der Waals surface area contributed by atoms with Gasteiger partial charge in [0.05, 0.1) is 5.41 Å². The predicted molar refractivity (Wildman–Crippen MR) is 278 cm³/mol. The van der Waals surface area contributed by atoms with E-state index in [9.17, 15) is 0 Å². The minimum Gasteiger partial charge on any atom is -0.311 e. The Morgan fingerprint density at radius 1 is 0.394 bits per heavy atom. The van der Waals surface area contributed by atoms with Crippen molar-refractivity contribution in [2.75, 3.05) is 4.90 Å². The predicted octanol–water partition coefficient (Wildman–Crippen LogP) is 17.0. The molecule has 0 N–H and O–H groups in total. The fourth-order valence-corrected chi connectivity index (χ4v) is 11.8. The molecule has 1 nitrogen and oxygen atoms in total. The van der Waals surface area contributed by atoms with E-state index in [-0.39, 0.29) is 5.41 Å². The maximum Gasteiger partial charge on any atom is 0.0725 e. The molecule has 0 saturated carbocycles. The van der Waals surface area contributed by atoms with Gasteiger partial charge in [-0.3, -0.25) is 0 Å². The Morgan fingerprint density at radius 3 is 1.38 bits per heavy atom. The zero-order chi connectivity index (χ0) is 44.6. The van der Waals surface area contributed by atoms with Crippen LogP contribution in [-0.4, -0.2) is 0 Å². The molecule has 0 amide bonds. The van der Waals surface area contributed by atoms with Gasteiger partial charge in [0.25, 0.3) is 0 Å². The summed E-state index contributed by atoms with van der Waals surface area (Å²) in [6.45, 7) is 11.4. The van der Waals surface area contributed by atoms with Crippen LogP contribution in [0.5, 0.6) is 0 Å². The Balaban J connectivity index is 1.03. The summed E-state index contributed by atoms with van der Waals surface area (Å²) in [6.07, 6.45) is 4.38. The molecule has 314 valence electrons. The minimum atomic E-state index is -0.527. The van der Waals surface area contributed by atoms with E-state index in [0.29, 0.717) is 0 Å². The van der Waals surface area contributed by atoms with Crippen LogP contribution in [0.15, 0.2) is 248 Å². The number of hydrogen-bond donors (Lipinski definition) is 0. The van der Waals surface area contributed by atoms with Crippen LogP contribution >= 0.6 is 0 Å². The van der Waals surface area contributed by atoms with Crippen molar-refractivity contribution in [1.82, 2.24) is 0 Å². The maximum atomic E-state index is 4.45. The smallest absolute Gasteiger partial charge is 0.0725 e. The zero-order valence-electron chi connectivity index (χ0n) is 37.6. The molecule has 0 bridgehead atoms. The van der Waals surface area contributed by atoms with Gasteiger partial charge in [-0.2, -0.15) is 0 Å². The van der Waals surface area contributed by atoms with E-state index in [1.807, 2.05) is 6.08 Å². The molecule has 1 spiro atoms. The highest BCUT2D eigenvalue weighted by Gasteiger charge is 2.50. The Bertz CT molecular complexity index is 3390. The Labute approximate surface area is 389 Å².